The third kappa shape index (κ3) is 9.39. The molecule has 2 aromatic rings. The molecule has 4 aliphatic heterocycles. The van der Waals surface area contributed by atoms with E-state index >= 15 is 0 Å². The second-order valence-corrected chi connectivity index (χ2v) is 17.9. The molecule has 0 saturated carbocycles. The number of amides is 2. The summed E-state index contributed by atoms with van der Waals surface area (Å²) in [4.78, 5) is 83.9. The molecule has 334 valence electrons. The molecular formula is C44H62N6O11. The summed E-state index contributed by atoms with van der Waals surface area (Å²) in [5.41, 5.74) is -1.15. The van der Waals surface area contributed by atoms with E-state index in [2.05, 4.69) is 10.3 Å². The molecule has 2 N–H and O–H groups in total. The maximum absolute atomic E-state index is 14.8. The number of cyclic esters (lactones) is 1. The van der Waals surface area contributed by atoms with Crippen molar-refractivity contribution in [3.8, 4) is 5.69 Å². The van der Waals surface area contributed by atoms with E-state index < -0.39 is 89.5 Å². The van der Waals surface area contributed by atoms with Crippen LogP contribution in [0.25, 0.3) is 5.69 Å². The first-order valence-electron chi connectivity index (χ1n) is 21.3. The molecule has 0 radical (unpaired) electrons. The van der Waals surface area contributed by atoms with Crippen molar-refractivity contribution in [1.82, 2.24) is 24.7 Å². The maximum atomic E-state index is 14.8. The molecule has 1 aromatic heterocycles. The summed E-state index contributed by atoms with van der Waals surface area (Å²) in [5, 5.41) is 14.4. The van der Waals surface area contributed by atoms with Gasteiger partial charge in [0.2, 0.25) is 0 Å². The summed E-state index contributed by atoms with van der Waals surface area (Å²) in [5.74, 6) is -5.96. The Balaban J connectivity index is 1.47. The molecule has 6 rings (SSSR count). The van der Waals surface area contributed by atoms with E-state index in [-0.39, 0.29) is 50.4 Å². The molecule has 17 nitrogen and oxygen atoms in total. The van der Waals surface area contributed by atoms with Gasteiger partial charge in [-0.05, 0) is 78.7 Å². The van der Waals surface area contributed by atoms with Gasteiger partial charge in [-0.1, -0.05) is 39.8 Å². The third-order valence-corrected chi connectivity index (χ3v) is 13.0. The quantitative estimate of drug-likeness (QED) is 0.229. The van der Waals surface area contributed by atoms with Gasteiger partial charge in [-0.3, -0.25) is 24.3 Å². The van der Waals surface area contributed by atoms with E-state index in [0.29, 0.717) is 12.1 Å². The number of rotatable bonds is 7. The van der Waals surface area contributed by atoms with Crippen molar-refractivity contribution in [2.24, 2.45) is 28.7 Å². The minimum atomic E-state index is -1.74. The van der Waals surface area contributed by atoms with Crippen LogP contribution in [0.5, 0.6) is 0 Å². The van der Waals surface area contributed by atoms with Gasteiger partial charge in [0.05, 0.1) is 43.8 Å². The highest BCUT2D eigenvalue weighted by Gasteiger charge is 2.61. The number of Topliss-reactive ketones (excluding diaryl/α,β-unsaturated/α-hetero) is 2. The van der Waals surface area contributed by atoms with Crippen LogP contribution in [0.15, 0.2) is 48.0 Å². The number of nitrogens with one attached hydrogen (secondary N) is 1. The second kappa shape index (κ2) is 18.3. The summed E-state index contributed by atoms with van der Waals surface area (Å²) in [6, 6.07) is 6.34. The first-order valence-corrected chi connectivity index (χ1v) is 21.3. The van der Waals surface area contributed by atoms with E-state index in [4.69, 9.17) is 28.7 Å². The van der Waals surface area contributed by atoms with Crippen molar-refractivity contribution in [2.75, 3.05) is 27.2 Å². The molecule has 61 heavy (non-hydrogen) atoms. The number of aliphatic hydroxyl groups is 1. The summed E-state index contributed by atoms with van der Waals surface area (Å²) >= 11 is 0. The summed E-state index contributed by atoms with van der Waals surface area (Å²) < 4.78 is 33.3. The molecule has 13 atom stereocenters. The van der Waals surface area contributed by atoms with E-state index in [1.165, 1.54) is 11.8 Å². The lowest BCUT2D eigenvalue weighted by molar-refractivity contribution is -0.292. The molecule has 2 bridgehead atoms. The highest BCUT2D eigenvalue weighted by Crippen LogP contribution is 2.43. The van der Waals surface area contributed by atoms with Crippen molar-refractivity contribution in [3.63, 3.8) is 0 Å². The number of carbonyl (C=O) groups is 5. The predicted molar refractivity (Wildman–Crippen MR) is 222 cm³/mol. The molecule has 4 saturated heterocycles. The zero-order valence-corrected chi connectivity index (χ0v) is 36.9. The van der Waals surface area contributed by atoms with E-state index in [1.54, 1.807) is 54.1 Å². The molecular weight excluding hydrogens is 789 g/mol. The number of carbonyl (C=O) groups excluding carboxylic acids is 5. The van der Waals surface area contributed by atoms with Gasteiger partial charge in [-0.2, -0.15) is 0 Å². The molecule has 0 spiro atoms. The third-order valence-electron chi connectivity index (χ3n) is 13.0. The number of ether oxygens (including phenoxy) is 5. The summed E-state index contributed by atoms with van der Waals surface area (Å²) in [7, 11) is 3.66. The van der Waals surface area contributed by atoms with Gasteiger partial charge >= 0.3 is 18.2 Å². The SMILES string of the molecule is CC[C@H]1OC(=O)[C@H](C)C(=O)[C@H](C)[C@@H](O[C@@H]2O[C@H](C)C[C@H](N(C)C)[C@H]2O)[C@@]2(C)C[C@@H](C)C(=O)[C@H](C)[C@@H]3N(CC(=NCc4ccc(-n5ccnc5)cc4)CNC(=O)O2)C(=O)O[C@@]31C. The van der Waals surface area contributed by atoms with Gasteiger partial charge in [0.25, 0.3) is 0 Å². The Morgan fingerprint density at radius 1 is 1.00 bits per heavy atom. The second-order valence-electron chi connectivity index (χ2n) is 17.9. The number of aliphatic imine (C=N–C) groups is 1. The van der Waals surface area contributed by atoms with Crippen LogP contribution in [0.3, 0.4) is 0 Å². The molecule has 4 aliphatic rings. The van der Waals surface area contributed by atoms with Gasteiger partial charge in [0.15, 0.2) is 17.7 Å². The fraction of sp³-hybridized carbons (Fsp3) is 0.659. The lowest BCUT2D eigenvalue weighted by Crippen LogP contribution is -2.60. The zero-order chi connectivity index (χ0) is 44.6. The minimum Gasteiger partial charge on any atom is -0.458 e. The van der Waals surface area contributed by atoms with Crippen LogP contribution in [0, 0.1) is 23.7 Å². The fourth-order valence-electron chi connectivity index (χ4n) is 9.71. The van der Waals surface area contributed by atoms with Gasteiger partial charge in [-0.15, -0.1) is 0 Å². The van der Waals surface area contributed by atoms with Crippen LogP contribution in [-0.2, 0) is 44.6 Å². The van der Waals surface area contributed by atoms with E-state index in [9.17, 15) is 29.1 Å². The molecule has 4 fully saturated rings. The molecule has 0 aliphatic carbocycles. The lowest BCUT2D eigenvalue weighted by Gasteiger charge is -2.47. The summed E-state index contributed by atoms with van der Waals surface area (Å²) in [6.07, 6.45) is -1.09. The topological polar surface area (TPSA) is 200 Å². The Bertz CT molecular complexity index is 1960. The number of benzene rings is 1. The van der Waals surface area contributed by atoms with Crippen molar-refractivity contribution in [2.45, 2.75) is 135 Å². The number of ketones is 2. The molecule has 5 heterocycles. The first kappa shape index (κ1) is 45.8. The highest BCUT2D eigenvalue weighted by molar-refractivity contribution is 6.00. The molecule has 0 unspecified atom stereocenters. The van der Waals surface area contributed by atoms with Crippen molar-refractivity contribution < 1.29 is 52.8 Å². The van der Waals surface area contributed by atoms with Gasteiger partial charge in [0.1, 0.15) is 35.6 Å². The molecule has 17 heteroatoms. The van der Waals surface area contributed by atoms with Crippen molar-refractivity contribution in [1.29, 1.82) is 0 Å². The average Bonchev–Trinajstić information content (AvgIpc) is 3.85. The smallest absolute Gasteiger partial charge is 0.411 e. The van der Waals surface area contributed by atoms with Crippen LogP contribution in [0.1, 0.15) is 80.2 Å². The van der Waals surface area contributed by atoms with Gasteiger partial charge in [-0.25, -0.2) is 14.6 Å². The normalized spacial score (nSPS) is 37.4. The monoisotopic (exact) mass is 850 g/mol. The Morgan fingerprint density at radius 3 is 2.34 bits per heavy atom. The standard InChI is InChI=1S/C44H62N6O11/c1-11-33-44(8)37-26(4)34(51)24(2)19-43(7,38(27(5)35(52)28(6)39(54)58-33)59-40-36(53)32(48(9)10)18-25(3)57-40)60-41(55)47-21-30(22-50(37)42(56)61-44)46-20-29-12-14-31(15-13-29)49-17-16-45-23-49/h12-17,23-28,32-33,36-38,40,53H,11,18-22H2,1-10H3,(H,47,55)/t24-,25-,26+,27+,28-,32+,33-,36-,37+,38-,40+,43-,44-/m1/s1. The highest BCUT2D eigenvalue weighted by atomic mass is 16.7. The number of imidazole rings is 1. The Labute approximate surface area is 357 Å². The number of aliphatic hydroxyl groups excluding tert-OH is 1. The van der Waals surface area contributed by atoms with Crippen molar-refractivity contribution >= 4 is 35.4 Å². The predicted octanol–water partition coefficient (Wildman–Crippen LogP) is 4.11. The number of hydrogen-bond acceptors (Lipinski definition) is 14. The largest absolute Gasteiger partial charge is 0.458 e. The number of aromatic nitrogens is 2. The average molecular weight is 851 g/mol. The number of alkyl carbamates (subject to hydrolysis) is 1. The van der Waals surface area contributed by atoms with Gasteiger partial charge < -0.3 is 43.6 Å². The Kier molecular flexibility index (Phi) is 13.8. The van der Waals surface area contributed by atoms with Crippen LogP contribution in [0.2, 0.25) is 0 Å². The number of esters is 1. The van der Waals surface area contributed by atoms with Crippen LogP contribution < -0.4 is 5.32 Å². The zero-order valence-electron chi connectivity index (χ0n) is 36.9. The minimum absolute atomic E-state index is 0.133. The van der Waals surface area contributed by atoms with Gasteiger partial charge in [0, 0.05) is 41.9 Å². The fourth-order valence-corrected chi connectivity index (χ4v) is 9.71. The molecule has 1 aromatic carbocycles. The lowest BCUT2D eigenvalue weighted by atomic mass is 9.73. The van der Waals surface area contributed by atoms with E-state index in [1.807, 2.05) is 60.9 Å². The number of fused-ring (bicyclic) bond motifs is 4. The maximum Gasteiger partial charge on any atom is 0.411 e. The molecule has 2 amide bonds. The number of hydrogen-bond donors (Lipinski definition) is 2. The van der Waals surface area contributed by atoms with E-state index in [0.717, 1.165) is 11.3 Å². The van der Waals surface area contributed by atoms with Crippen molar-refractivity contribution in [3.05, 3.63) is 48.5 Å². The van der Waals surface area contributed by atoms with Crippen LogP contribution in [0.4, 0.5) is 9.59 Å². The first-order chi connectivity index (χ1) is 28.8. The number of likely N-dealkylation sites (N-methyl/N-ethyl adjacent to an activating group) is 1. The Hall–Kier alpha value is -4.71. The number of nitrogens with zero attached hydrogens (tertiary/aromatic N) is 5. The summed E-state index contributed by atoms with van der Waals surface area (Å²) in [6.45, 7) is 13.2. The van der Waals surface area contributed by atoms with Crippen LogP contribution >= 0.6 is 0 Å². The Morgan fingerprint density at radius 2 is 1.70 bits per heavy atom. The van der Waals surface area contributed by atoms with Crippen LogP contribution in [-0.4, -0.2) is 141 Å².